The van der Waals surface area contributed by atoms with Crippen LogP contribution in [0.25, 0.3) is 11.4 Å². The van der Waals surface area contributed by atoms with Gasteiger partial charge in [0.15, 0.2) is 11.0 Å². The molecule has 3 aromatic rings. The maximum absolute atomic E-state index is 12.4. The lowest BCUT2D eigenvalue weighted by molar-refractivity contribution is -0.115. The third-order valence-corrected chi connectivity index (χ3v) is 5.67. The van der Waals surface area contributed by atoms with E-state index in [2.05, 4.69) is 60.6 Å². The SMILES string of the molecule is CC(Sc1nnc(-c2ccc(C(C)(C)C)cc2)n1C)C(=O)Nc1ccccc1. The van der Waals surface area contributed by atoms with E-state index in [1.165, 1.54) is 17.3 Å². The van der Waals surface area contributed by atoms with Crippen LogP contribution >= 0.6 is 11.8 Å². The van der Waals surface area contributed by atoms with Gasteiger partial charge in [-0.05, 0) is 30.0 Å². The molecular weight excluding hydrogens is 368 g/mol. The van der Waals surface area contributed by atoms with E-state index in [0.717, 1.165) is 17.1 Å². The molecule has 28 heavy (non-hydrogen) atoms. The molecule has 1 atom stereocenters. The summed E-state index contributed by atoms with van der Waals surface area (Å²) in [5.41, 5.74) is 3.19. The van der Waals surface area contributed by atoms with E-state index >= 15 is 0 Å². The summed E-state index contributed by atoms with van der Waals surface area (Å²) in [5, 5.41) is 12.0. The van der Waals surface area contributed by atoms with E-state index in [9.17, 15) is 4.79 Å². The Kier molecular flexibility index (Phi) is 5.89. The molecule has 1 heterocycles. The molecule has 0 fully saturated rings. The van der Waals surface area contributed by atoms with Crippen LogP contribution in [0, 0.1) is 0 Å². The van der Waals surface area contributed by atoms with Crippen molar-refractivity contribution in [1.82, 2.24) is 14.8 Å². The highest BCUT2D eigenvalue weighted by atomic mass is 32.2. The fourth-order valence-electron chi connectivity index (χ4n) is 2.77. The molecular formula is C22H26N4OS. The molecule has 5 nitrogen and oxygen atoms in total. The Hall–Kier alpha value is -2.60. The van der Waals surface area contributed by atoms with Gasteiger partial charge in [-0.3, -0.25) is 4.79 Å². The summed E-state index contributed by atoms with van der Waals surface area (Å²) in [6.07, 6.45) is 0. The molecule has 1 amide bonds. The Bertz CT molecular complexity index is 943. The Morgan fingerprint density at radius 2 is 1.68 bits per heavy atom. The molecule has 146 valence electrons. The fourth-order valence-corrected chi connectivity index (χ4v) is 3.58. The average molecular weight is 395 g/mol. The lowest BCUT2D eigenvalue weighted by Gasteiger charge is -2.19. The summed E-state index contributed by atoms with van der Waals surface area (Å²) >= 11 is 1.40. The Labute approximate surface area is 170 Å². The first-order chi connectivity index (χ1) is 13.3. The zero-order chi connectivity index (χ0) is 20.3. The Morgan fingerprint density at radius 3 is 2.29 bits per heavy atom. The summed E-state index contributed by atoms with van der Waals surface area (Å²) in [6.45, 7) is 8.46. The minimum Gasteiger partial charge on any atom is -0.325 e. The molecule has 0 radical (unpaired) electrons. The third kappa shape index (κ3) is 4.62. The number of nitrogens with one attached hydrogen (secondary N) is 1. The first kappa shape index (κ1) is 20.1. The van der Waals surface area contributed by atoms with Crippen LogP contribution in [0.4, 0.5) is 5.69 Å². The molecule has 3 rings (SSSR count). The highest BCUT2D eigenvalue weighted by molar-refractivity contribution is 8.00. The van der Waals surface area contributed by atoms with Gasteiger partial charge in [-0.15, -0.1) is 10.2 Å². The molecule has 1 aromatic heterocycles. The summed E-state index contributed by atoms with van der Waals surface area (Å²) in [7, 11) is 1.93. The molecule has 6 heteroatoms. The normalized spacial score (nSPS) is 12.6. The van der Waals surface area contributed by atoms with E-state index in [-0.39, 0.29) is 16.6 Å². The Morgan fingerprint density at radius 1 is 1.04 bits per heavy atom. The molecule has 2 aromatic carbocycles. The van der Waals surface area contributed by atoms with E-state index in [1.54, 1.807) is 0 Å². The van der Waals surface area contributed by atoms with Crippen molar-refractivity contribution in [3.8, 4) is 11.4 Å². The average Bonchev–Trinajstić information content (AvgIpc) is 3.02. The van der Waals surface area contributed by atoms with Crippen LogP contribution in [0.5, 0.6) is 0 Å². The highest BCUT2D eigenvalue weighted by Gasteiger charge is 2.20. The van der Waals surface area contributed by atoms with Crippen molar-refractivity contribution in [3.05, 3.63) is 60.2 Å². The van der Waals surface area contributed by atoms with Crippen molar-refractivity contribution in [1.29, 1.82) is 0 Å². The number of hydrogen-bond acceptors (Lipinski definition) is 4. The van der Waals surface area contributed by atoms with Crippen LogP contribution < -0.4 is 5.32 Å². The lowest BCUT2D eigenvalue weighted by Crippen LogP contribution is -2.22. The number of hydrogen-bond donors (Lipinski definition) is 1. The topological polar surface area (TPSA) is 59.8 Å². The van der Waals surface area contributed by atoms with Gasteiger partial charge in [-0.2, -0.15) is 0 Å². The van der Waals surface area contributed by atoms with Crippen molar-refractivity contribution in [2.24, 2.45) is 7.05 Å². The second kappa shape index (κ2) is 8.19. The monoisotopic (exact) mass is 394 g/mol. The Balaban J connectivity index is 1.71. The van der Waals surface area contributed by atoms with E-state index in [1.807, 2.05) is 48.9 Å². The number of para-hydroxylation sites is 1. The number of carbonyl (C=O) groups excluding carboxylic acids is 1. The molecule has 0 saturated carbocycles. The smallest absolute Gasteiger partial charge is 0.237 e. The third-order valence-electron chi connectivity index (χ3n) is 4.54. The first-order valence-corrected chi connectivity index (χ1v) is 10.2. The zero-order valence-corrected chi connectivity index (χ0v) is 17.7. The largest absolute Gasteiger partial charge is 0.325 e. The molecule has 0 saturated heterocycles. The molecule has 1 N–H and O–H groups in total. The molecule has 1 unspecified atom stereocenters. The van der Waals surface area contributed by atoms with Gasteiger partial charge in [-0.25, -0.2) is 0 Å². The predicted molar refractivity (Wildman–Crippen MR) is 116 cm³/mol. The van der Waals surface area contributed by atoms with Crippen molar-refractivity contribution in [2.45, 2.75) is 43.5 Å². The minimum atomic E-state index is -0.292. The second-order valence-electron chi connectivity index (χ2n) is 7.81. The van der Waals surface area contributed by atoms with Gasteiger partial charge in [0.2, 0.25) is 5.91 Å². The second-order valence-corrected chi connectivity index (χ2v) is 9.12. The predicted octanol–water partition coefficient (Wildman–Crippen LogP) is 4.90. The van der Waals surface area contributed by atoms with E-state index < -0.39 is 0 Å². The quantitative estimate of drug-likeness (QED) is 0.625. The summed E-state index contributed by atoms with van der Waals surface area (Å²) < 4.78 is 1.93. The zero-order valence-electron chi connectivity index (χ0n) is 16.9. The summed E-state index contributed by atoms with van der Waals surface area (Å²) in [4.78, 5) is 12.4. The maximum atomic E-state index is 12.4. The van der Waals surface area contributed by atoms with Gasteiger partial charge in [-0.1, -0.05) is 75.0 Å². The number of amides is 1. The van der Waals surface area contributed by atoms with E-state index in [4.69, 9.17) is 0 Å². The summed E-state index contributed by atoms with van der Waals surface area (Å²) in [6, 6.07) is 17.9. The summed E-state index contributed by atoms with van der Waals surface area (Å²) in [5.74, 6) is 0.730. The van der Waals surface area contributed by atoms with Gasteiger partial charge in [0.25, 0.3) is 0 Å². The fraction of sp³-hybridized carbons (Fsp3) is 0.318. The van der Waals surface area contributed by atoms with Crippen LogP contribution in [-0.4, -0.2) is 25.9 Å². The molecule has 0 aliphatic heterocycles. The molecule has 0 spiro atoms. The number of rotatable bonds is 5. The van der Waals surface area contributed by atoms with Crippen molar-refractivity contribution < 1.29 is 4.79 Å². The van der Waals surface area contributed by atoms with Gasteiger partial charge < -0.3 is 9.88 Å². The van der Waals surface area contributed by atoms with Crippen molar-refractivity contribution in [3.63, 3.8) is 0 Å². The maximum Gasteiger partial charge on any atom is 0.237 e. The lowest BCUT2D eigenvalue weighted by atomic mass is 9.87. The van der Waals surface area contributed by atoms with Gasteiger partial charge in [0.1, 0.15) is 0 Å². The van der Waals surface area contributed by atoms with Gasteiger partial charge in [0.05, 0.1) is 5.25 Å². The highest BCUT2D eigenvalue weighted by Crippen LogP contribution is 2.28. The van der Waals surface area contributed by atoms with E-state index in [0.29, 0.717) is 5.16 Å². The molecule has 0 aliphatic carbocycles. The number of aromatic nitrogens is 3. The van der Waals surface area contributed by atoms with Crippen molar-refractivity contribution >= 4 is 23.4 Å². The van der Waals surface area contributed by atoms with Crippen LogP contribution in [0.3, 0.4) is 0 Å². The molecule has 0 bridgehead atoms. The number of nitrogens with zero attached hydrogens (tertiary/aromatic N) is 3. The molecule has 0 aliphatic rings. The number of carbonyl (C=O) groups is 1. The van der Waals surface area contributed by atoms with Crippen molar-refractivity contribution in [2.75, 3.05) is 5.32 Å². The van der Waals surface area contributed by atoms with Crippen LogP contribution in [0.15, 0.2) is 59.8 Å². The standard InChI is InChI=1S/C22H26N4OS/c1-15(20(27)23-18-9-7-6-8-10-18)28-21-25-24-19(26(21)5)16-11-13-17(14-12-16)22(2,3)4/h6-15H,1-5H3,(H,23,27). The van der Waals surface area contributed by atoms with Crippen LogP contribution in [-0.2, 0) is 17.3 Å². The minimum absolute atomic E-state index is 0.0599. The van der Waals surface area contributed by atoms with Crippen LogP contribution in [0.1, 0.15) is 33.3 Å². The number of anilines is 1. The van der Waals surface area contributed by atoms with Gasteiger partial charge >= 0.3 is 0 Å². The first-order valence-electron chi connectivity index (χ1n) is 9.28. The number of thioether (sulfide) groups is 1. The van der Waals surface area contributed by atoms with Crippen LogP contribution in [0.2, 0.25) is 0 Å². The van der Waals surface area contributed by atoms with Gasteiger partial charge in [0, 0.05) is 18.3 Å². The number of benzene rings is 2.